The lowest BCUT2D eigenvalue weighted by Crippen LogP contribution is -2.41. The van der Waals surface area contributed by atoms with Gasteiger partial charge in [0.1, 0.15) is 6.04 Å². The van der Waals surface area contributed by atoms with Gasteiger partial charge < -0.3 is 15.2 Å². The summed E-state index contributed by atoms with van der Waals surface area (Å²) in [4.78, 5) is 40.6. The average Bonchev–Trinajstić information content (AvgIpc) is 3.15. The number of nitrogens with zero attached hydrogens (tertiary/aromatic N) is 1. The number of aromatic nitrogens is 1. The van der Waals surface area contributed by atoms with Gasteiger partial charge in [0.25, 0.3) is 5.91 Å². The first-order valence-corrected chi connectivity index (χ1v) is 7.98. The average molecular weight is 325 g/mol. The van der Waals surface area contributed by atoms with E-state index in [2.05, 4.69) is 10.3 Å². The molecular weight excluding hydrogens is 306 g/mol. The molecule has 2 amide bonds. The van der Waals surface area contributed by atoms with Gasteiger partial charge in [-0.15, -0.1) is 0 Å². The minimum atomic E-state index is -0.733. The van der Waals surface area contributed by atoms with Crippen molar-refractivity contribution in [3.8, 4) is 0 Å². The van der Waals surface area contributed by atoms with Crippen molar-refractivity contribution in [2.24, 2.45) is 0 Å². The van der Waals surface area contributed by atoms with Crippen molar-refractivity contribution < 1.29 is 9.59 Å². The number of carbonyl (C=O) groups is 2. The Kier molecular flexibility index (Phi) is 4.74. The zero-order valence-corrected chi connectivity index (χ0v) is 13.2. The number of amides is 2. The zero-order chi connectivity index (χ0) is 16.9. The van der Waals surface area contributed by atoms with Crippen molar-refractivity contribution in [2.45, 2.75) is 18.9 Å². The van der Waals surface area contributed by atoms with Crippen LogP contribution in [0.4, 0.5) is 0 Å². The molecule has 1 aliphatic rings. The highest BCUT2D eigenvalue weighted by Crippen LogP contribution is 2.19. The van der Waals surface area contributed by atoms with Crippen molar-refractivity contribution in [1.82, 2.24) is 15.2 Å². The molecule has 0 aliphatic carbocycles. The Hall–Kier alpha value is -2.89. The van der Waals surface area contributed by atoms with Gasteiger partial charge in [0.2, 0.25) is 11.5 Å². The van der Waals surface area contributed by atoms with Gasteiger partial charge in [0, 0.05) is 25.4 Å². The summed E-state index contributed by atoms with van der Waals surface area (Å²) in [5.41, 5.74) is 0.774. The first-order chi connectivity index (χ1) is 11.6. The molecule has 1 unspecified atom stereocenters. The molecule has 24 heavy (non-hydrogen) atoms. The molecule has 0 radical (unpaired) electrons. The zero-order valence-electron chi connectivity index (χ0n) is 13.2. The summed E-state index contributed by atoms with van der Waals surface area (Å²) in [6, 6.07) is 11.2. The summed E-state index contributed by atoms with van der Waals surface area (Å²) in [5.74, 6) is -0.496. The standard InChI is InChI=1S/C18H19N3O3/c22-15-9-8-14(12-19-15)17(23)20-16(13-6-2-1-3-7-13)18(24)21-10-4-5-11-21/h1-3,6-9,12,16H,4-5,10-11H2,(H,19,22)(H,20,23). The maximum Gasteiger partial charge on any atom is 0.253 e. The molecule has 2 N–H and O–H groups in total. The lowest BCUT2D eigenvalue weighted by atomic mass is 10.0. The lowest BCUT2D eigenvalue weighted by molar-refractivity contribution is -0.132. The Morgan fingerprint density at radius 1 is 1.04 bits per heavy atom. The first-order valence-electron chi connectivity index (χ1n) is 7.98. The van der Waals surface area contributed by atoms with Crippen molar-refractivity contribution in [2.75, 3.05) is 13.1 Å². The molecule has 1 saturated heterocycles. The fourth-order valence-electron chi connectivity index (χ4n) is 2.82. The summed E-state index contributed by atoms with van der Waals surface area (Å²) in [6.07, 6.45) is 3.32. The molecule has 6 nitrogen and oxygen atoms in total. The van der Waals surface area contributed by atoms with E-state index in [0.717, 1.165) is 31.5 Å². The van der Waals surface area contributed by atoms with Gasteiger partial charge in [0.05, 0.1) is 5.56 Å². The van der Waals surface area contributed by atoms with Gasteiger partial charge in [-0.3, -0.25) is 14.4 Å². The molecule has 1 fully saturated rings. The summed E-state index contributed by atoms with van der Waals surface area (Å²) in [6.45, 7) is 1.44. The van der Waals surface area contributed by atoms with E-state index in [1.807, 2.05) is 30.3 Å². The van der Waals surface area contributed by atoms with Crippen molar-refractivity contribution in [3.05, 3.63) is 70.1 Å². The molecule has 3 rings (SSSR count). The van der Waals surface area contributed by atoms with Gasteiger partial charge in [-0.05, 0) is 24.5 Å². The summed E-state index contributed by atoms with van der Waals surface area (Å²) in [7, 11) is 0. The molecule has 0 bridgehead atoms. The van der Waals surface area contributed by atoms with Crippen LogP contribution in [0.3, 0.4) is 0 Å². The fraction of sp³-hybridized carbons (Fsp3) is 0.278. The molecule has 124 valence electrons. The number of nitrogens with one attached hydrogen (secondary N) is 2. The van der Waals surface area contributed by atoms with Gasteiger partial charge in [-0.25, -0.2) is 0 Å². The van der Waals surface area contributed by atoms with Crippen molar-refractivity contribution in [3.63, 3.8) is 0 Å². The Morgan fingerprint density at radius 2 is 1.75 bits per heavy atom. The second-order valence-corrected chi connectivity index (χ2v) is 5.79. The van der Waals surface area contributed by atoms with Crippen molar-refractivity contribution in [1.29, 1.82) is 0 Å². The van der Waals surface area contributed by atoms with E-state index in [1.165, 1.54) is 18.3 Å². The number of carbonyl (C=O) groups excluding carboxylic acids is 2. The maximum absolute atomic E-state index is 12.8. The van der Waals surface area contributed by atoms with Gasteiger partial charge >= 0.3 is 0 Å². The summed E-state index contributed by atoms with van der Waals surface area (Å²) < 4.78 is 0. The fourth-order valence-corrected chi connectivity index (χ4v) is 2.82. The molecule has 1 atom stereocenters. The maximum atomic E-state index is 12.8. The number of likely N-dealkylation sites (tertiary alicyclic amines) is 1. The van der Waals surface area contributed by atoms with Crippen LogP contribution in [0.5, 0.6) is 0 Å². The number of aromatic amines is 1. The number of hydrogen-bond donors (Lipinski definition) is 2. The van der Waals surface area contributed by atoms with Crippen LogP contribution in [0.15, 0.2) is 53.5 Å². The van der Waals surface area contributed by atoms with Crippen LogP contribution in [0.25, 0.3) is 0 Å². The van der Waals surface area contributed by atoms with Crippen LogP contribution in [-0.4, -0.2) is 34.8 Å². The number of H-pyrrole nitrogens is 1. The van der Waals surface area contributed by atoms with Crippen LogP contribution < -0.4 is 10.9 Å². The van der Waals surface area contributed by atoms with Crippen LogP contribution in [0.2, 0.25) is 0 Å². The van der Waals surface area contributed by atoms with Crippen LogP contribution in [-0.2, 0) is 4.79 Å². The molecule has 6 heteroatoms. The Balaban J connectivity index is 1.84. The minimum absolute atomic E-state index is 0.100. The topological polar surface area (TPSA) is 82.3 Å². The molecule has 0 saturated carbocycles. The monoisotopic (exact) mass is 325 g/mol. The SMILES string of the molecule is O=C(NC(C(=O)N1CCCC1)c1ccccc1)c1ccc(=O)[nH]c1. The number of hydrogen-bond acceptors (Lipinski definition) is 3. The van der Waals surface area contributed by atoms with Gasteiger partial charge in [0.15, 0.2) is 0 Å². The summed E-state index contributed by atoms with van der Waals surface area (Å²) >= 11 is 0. The molecule has 1 aromatic carbocycles. The minimum Gasteiger partial charge on any atom is -0.341 e. The Bertz CT molecular complexity index is 759. The van der Waals surface area contributed by atoms with E-state index >= 15 is 0 Å². The predicted molar refractivity (Wildman–Crippen MR) is 89.5 cm³/mol. The highest BCUT2D eigenvalue weighted by molar-refractivity contribution is 5.97. The normalized spacial score (nSPS) is 15.1. The molecule has 1 aromatic heterocycles. The van der Waals surface area contributed by atoms with E-state index in [9.17, 15) is 14.4 Å². The molecule has 1 aliphatic heterocycles. The largest absolute Gasteiger partial charge is 0.341 e. The molecule has 2 heterocycles. The molecule has 0 spiro atoms. The third kappa shape index (κ3) is 3.53. The van der Waals surface area contributed by atoms with E-state index in [4.69, 9.17) is 0 Å². The quantitative estimate of drug-likeness (QED) is 0.893. The number of pyridine rings is 1. The predicted octanol–water partition coefficient (Wildman–Crippen LogP) is 1.47. The summed E-state index contributed by atoms with van der Waals surface area (Å²) in [5, 5.41) is 2.79. The third-order valence-electron chi connectivity index (χ3n) is 4.12. The van der Waals surface area contributed by atoms with E-state index < -0.39 is 11.9 Å². The lowest BCUT2D eigenvalue weighted by Gasteiger charge is -2.24. The smallest absolute Gasteiger partial charge is 0.253 e. The Morgan fingerprint density at radius 3 is 2.38 bits per heavy atom. The van der Waals surface area contributed by atoms with Crippen LogP contribution >= 0.6 is 0 Å². The van der Waals surface area contributed by atoms with E-state index in [0.29, 0.717) is 5.56 Å². The van der Waals surface area contributed by atoms with Gasteiger partial charge in [-0.2, -0.15) is 0 Å². The van der Waals surface area contributed by atoms with Crippen molar-refractivity contribution >= 4 is 11.8 Å². The van der Waals surface area contributed by atoms with E-state index in [1.54, 1.807) is 4.90 Å². The Labute approximate surface area is 139 Å². The van der Waals surface area contributed by atoms with E-state index in [-0.39, 0.29) is 11.5 Å². The number of benzene rings is 1. The second-order valence-electron chi connectivity index (χ2n) is 5.79. The van der Waals surface area contributed by atoms with Crippen LogP contribution in [0, 0.1) is 0 Å². The first kappa shape index (κ1) is 16.0. The highest BCUT2D eigenvalue weighted by Gasteiger charge is 2.29. The molecule has 2 aromatic rings. The highest BCUT2D eigenvalue weighted by atomic mass is 16.2. The number of rotatable bonds is 4. The van der Waals surface area contributed by atoms with Gasteiger partial charge in [-0.1, -0.05) is 30.3 Å². The second kappa shape index (κ2) is 7.12. The third-order valence-corrected chi connectivity index (χ3v) is 4.12. The molecular formula is C18H19N3O3. The van der Waals surface area contributed by atoms with Crippen LogP contribution in [0.1, 0.15) is 34.8 Å².